The zero-order chi connectivity index (χ0) is 8.97. The van der Waals surface area contributed by atoms with Crippen molar-refractivity contribution < 1.29 is 5.21 Å². The number of alkyl halides is 1. The van der Waals surface area contributed by atoms with E-state index in [-0.39, 0.29) is 5.84 Å². The van der Waals surface area contributed by atoms with Crippen LogP contribution < -0.4 is 5.48 Å². The predicted octanol–water partition coefficient (Wildman–Crippen LogP) is 1.93. The van der Waals surface area contributed by atoms with Crippen LogP contribution in [-0.4, -0.2) is 11.0 Å². The number of nitrogens with one attached hydrogen (secondary N) is 2. The van der Waals surface area contributed by atoms with E-state index in [4.69, 9.17) is 10.6 Å². The minimum Gasteiger partial charge on any atom is -0.290 e. The summed E-state index contributed by atoms with van der Waals surface area (Å²) in [4.78, 5) is 0. The average molecular weight is 276 g/mol. The molecule has 0 amide bonds. The molecule has 12 heavy (non-hydrogen) atoms. The maximum absolute atomic E-state index is 8.44. The zero-order valence-corrected chi connectivity index (χ0v) is 8.50. The Labute approximate surface area is 84.4 Å². The third-order valence-electron chi connectivity index (χ3n) is 1.51. The maximum Gasteiger partial charge on any atom is 0.149 e. The fraction of sp³-hybridized carbons (Fsp3) is 0.125. The van der Waals surface area contributed by atoms with Gasteiger partial charge in [-0.2, -0.15) is 0 Å². The van der Waals surface area contributed by atoms with Crippen LogP contribution in [0.5, 0.6) is 0 Å². The molecule has 0 unspecified atom stereocenters. The Kier molecular flexibility index (Phi) is 3.48. The zero-order valence-electron chi connectivity index (χ0n) is 6.34. The molecular formula is C8H9IN2O. The van der Waals surface area contributed by atoms with E-state index in [1.54, 1.807) is 17.6 Å². The van der Waals surface area contributed by atoms with Crippen molar-refractivity contribution >= 4 is 28.4 Å². The highest BCUT2D eigenvalue weighted by molar-refractivity contribution is 14.1. The van der Waals surface area contributed by atoms with E-state index < -0.39 is 0 Å². The Bertz CT molecular complexity index is 271. The van der Waals surface area contributed by atoms with Gasteiger partial charge >= 0.3 is 0 Å². The first-order chi connectivity index (χ1) is 5.77. The normalized spacial score (nSPS) is 9.50. The summed E-state index contributed by atoms with van der Waals surface area (Å²) in [6.07, 6.45) is 0. The van der Waals surface area contributed by atoms with Crippen molar-refractivity contribution in [3.63, 3.8) is 0 Å². The monoisotopic (exact) mass is 276 g/mol. The van der Waals surface area contributed by atoms with E-state index in [0.29, 0.717) is 5.56 Å². The molecule has 0 bridgehead atoms. The lowest BCUT2D eigenvalue weighted by Crippen LogP contribution is -2.18. The first kappa shape index (κ1) is 9.47. The largest absolute Gasteiger partial charge is 0.290 e. The molecule has 3 N–H and O–H groups in total. The Hall–Kier alpha value is -0.620. The fourth-order valence-electron chi connectivity index (χ4n) is 0.825. The van der Waals surface area contributed by atoms with E-state index in [2.05, 4.69) is 22.6 Å². The highest BCUT2D eigenvalue weighted by Gasteiger charge is 1.97. The summed E-state index contributed by atoms with van der Waals surface area (Å²) < 4.78 is 0.956. The van der Waals surface area contributed by atoms with Gasteiger partial charge < -0.3 is 0 Å². The van der Waals surface area contributed by atoms with E-state index >= 15 is 0 Å². The molecule has 0 aliphatic heterocycles. The number of amidine groups is 1. The van der Waals surface area contributed by atoms with Gasteiger partial charge in [0.2, 0.25) is 0 Å². The molecule has 0 radical (unpaired) electrons. The smallest absolute Gasteiger partial charge is 0.149 e. The molecule has 0 atom stereocenters. The predicted molar refractivity (Wildman–Crippen MR) is 55.9 cm³/mol. The second kappa shape index (κ2) is 4.42. The van der Waals surface area contributed by atoms with Gasteiger partial charge in [0.15, 0.2) is 0 Å². The molecule has 1 rings (SSSR count). The summed E-state index contributed by atoms with van der Waals surface area (Å²) >= 11 is 2.27. The fourth-order valence-corrected chi connectivity index (χ4v) is 1.33. The molecule has 4 heteroatoms. The van der Waals surface area contributed by atoms with Crippen molar-refractivity contribution in [3.05, 3.63) is 35.4 Å². The molecule has 0 heterocycles. The summed E-state index contributed by atoms with van der Waals surface area (Å²) in [5.41, 5.74) is 3.70. The minimum atomic E-state index is 0.0232. The van der Waals surface area contributed by atoms with E-state index in [1.807, 2.05) is 12.1 Å². The third kappa shape index (κ3) is 2.18. The summed E-state index contributed by atoms with van der Waals surface area (Å²) in [7, 11) is 0. The van der Waals surface area contributed by atoms with Crippen molar-refractivity contribution in [2.45, 2.75) is 4.43 Å². The number of halogens is 1. The molecule has 64 valence electrons. The molecule has 0 saturated carbocycles. The van der Waals surface area contributed by atoms with Crippen LogP contribution in [0.15, 0.2) is 24.3 Å². The molecule has 0 saturated heterocycles. The summed E-state index contributed by atoms with van der Waals surface area (Å²) in [6, 6.07) is 7.49. The van der Waals surface area contributed by atoms with Gasteiger partial charge in [-0.25, -0.2) is 0 Å². The van der Waals surface area contributed by atoms with Gasteiger partial charge in [-0.05, 0) is 5.56 Å². The lowest BCUT2D eigenvalue weighted by molar-refractivity contribution is 0.234. The van der Waals surface area contributed by atoms with Gasteiger partial charge in [0.05, 0.1) is 0 Å². The van der Waals surface area contributed by atoms with Gasteiger partial charge in [0, 0.05) is 9.99 Å². The highest BCUT2D eigenvalue weighted by Crippen LogP contribution is 2.07. The van der Waals surface area contributed by atoms with Crippen LogP contribution in [0.4, 0.5) is 0 Å². The quantitative estimate of drug-likeness (QED) is 0.254. The second-order valence-electron chi connectivity index (χ2n) is 2.32. The Morgan fingerprint density at radius 2 is 2.00 bits per heavy atom. The van der Waals surface area contributed by atoms with Gasteiger partial charge in [-0.15, -0.1) is 0 Å². The van der Waals surface area contributed by atoms with Crippen LogP contribution in [0.2, 0.25) is 0 Å². The minimum absolute atomic E-state index is 0.0232. The van der Waals surface area contributed by atoms with Crippen LogP contribution in [-0.2, 0) is 4.43 Å². The molecule has 0 aromatic heterocycles. The van der Waals surface area contributed by atoms with Crippen LogP contribution in [0.25, 0.3) is 0 Å². The van der Waals surface area contributed by atoms with Crippen molar-refractivity contribution in [2.24, 2.45) is 0 Å². The topological polar surface area (TPSA) is 56.1 Å². The van der Waals surface area contributed by atoms with E-state index in [0.717, 1.165) is 4.43 Å². The molecule has 1 aromatic rings. The molecule has 3 nitrogen and oxygen atoms in total. The van der Waals surface area contributed by atoms with Gasteiger partial charge in [0.25, 0.3) is 0 Å². The van der Waals surface area contributed by atoms with Gasteiger partial charge in [-0.3, -0.25) is 16.1 Å². The summed E-state index contributed by atoms with van der Waals surface area (Å²) in [6.45, 7) is 0. The standard InChI is InChI=1S/C8H9IN2O/c9-5-6-1-3-7(4-2-6)8(10)11-12/h1-4,12H,5H2,(H2,10,11). The van der Waals surface area contributed by atoms with Gasteiger partial charge in [0.1, 0.15) is 5.84 Å². The number of rotatable bonds is 2. The lowest BCUT2D eigenvalue weighted by atomic mass is 10.1. The van der Waals surface area contributed by atoms with Crippen LogP contribution in [0.1, 0.15) is 11.1 Å². The van der Waals surface area contributed by atoms with Gasteiger partial charge in [-0.1, -0.05) is 46.9 Å². The van der Waals surface area contributed by atoms with Crippen molar-refractivity contribution in [3.8, 4) is 0 Å². The third-order valence-corrected chi connectivity index (χ3v) is 2.39. The Balaban J connectivity index is 2.84. The van der Waals surface area contributed by atoms with Crippen molar-refractivity contribution in [2.75, 3.05) is 0 Å². The first-order valence-corrected chi connectivity index (χ1v) is 4.94. The number of hydrogen-bond donors (Lipinski definition) is 3. The molecule has 0 fully saturated rings. The Morgan fingerprint density at radius 3 is 2.42 bits per heavy atom. The SMILES string of the molecule is N=C(NO)c1ccc(CI)cc1. The van der Waals surface area contributed by atoms with Crippen molar-refractivity contribution in [1.82, 2.24) is 5.48 Å². The van der Waals surface area contributed by atoms with Crippen molar-refractivity contribution in [1.29, 1.82) is 5.41 Å². The first-order valence-electron chi connectivity index (χ1n) is 3.42. The molecular weight excluding hydrogens is 267 g/mol. The maximum atomic E-state index is 8.44. The van der Waals surface area contributed by atoms with E-state index in [9.17, 15) is 0 Å². The molecule has 0 aliphatic rings. The number of hydroxylamine groups is 1. The molecule has 0 spiro atoms. The lowest BCUT2D eigenvalue weighted by Gasteiger charge is -2.01. The van der Waals surface area contributed by atoms with Crippen LogP contribution in [0.3, 0.4) is 0 Å². The molecule has 0 aliphatic carbocycles. The van der Waals surface area contributed by atoms with Crippen LogP contribution >= 0.6 is 22.6 Å². The highest BCUT2D eigenvalue weighted by atomic mass is 127. The van der Waals surface area contributed by atoms with E-state index in [1.165, 1.54) is 5.56 Å². The number of hydrogen-bond acceptors (Lipinski definition) is 2. The second-order valence-corrected chi connectivity index (χ2v) is 3.08. The number of benzene rings is 1. The summed E-state index contributed by atoms with van der Waals surface area (Å²) in [5, 5.41) is 15.7. The molecule has 1 aromatic carbocycles. The summed E-state index contributed by atoms with van der Waals surface area (Å²) in [5.74, 6) is 0.0232. The van der Waals surface area contributed by atoms with Crippen LogP contribution in [0, 0.1) is 5.41 Å². The Morgan fingerprint density at radius 1 is 1.42 bits per heavy atom. The average Bonchev–Trinajstić information content (AvgIpc) is 2.17.